The highest BCUT2D eigenvalue weighted by molar-refractivity contribution is 5.06. The van der Waals surface area contributed by atoms with Crippen molar-refractivity contribution in [2.45, 2.75) is 6.42 Å². The first-order valence-electron chi connectivity index (χ1n) is 4.05. The van der Waals surface area contributed by atoms with Crippen molar-refractivity contribution in [2.24, 2.45) is 7.05 Å². The van der Waals surface area contributed by atoms with Crippen LogP contribution in [0, 0.1) is 0 Å². The normalized spacial score (nSPS) is 10.4. The molecule has 0 aliphatic heterocycles. The molecule has 14 heavy (non-hydrogen) atoms. The van der Waals surface area contributed by atoms with Gasteiger partial charge in [0.25, 0.3) is 0 Å². The molecule has 0 amide bonds. The SMILES string of the molecule is Cn1c(Cc2cccnn2)noc1=O. The molecule has 2 aromatic rings. The van der Waals surface area contributed by atoms with Crippen LogP contribution in [0.1, 0.15) is 11.5 Å². The molecule has 0 saturated carbocycles. The lowest BCUT2D eigenvalue weighted by molar-refractivity contribution is 0.376. The molecule has 0 radical (unpaired) electrons. The third-order valence-corrected chi connectivity index (χ3v) is 1.86. The van der Waals surface area contributed by atoms with Gasteiger partial charge in [0.1, 0.15) is 0 Å². The summed E-state index contributed by atoms with van der Waals surface area (Å²) < 4.78 is 5.82. The predicted octanol–water partition coefficient (Wildman–Crippen LogP) is -0.246. The van der Waals surface area contributed by atoms with Gasteiger partial charge < -0.3 is 0 Å². The molecule has 0 aromatic carbocycles. The van der Waals surface area contributed by atoms with Crippen molar-refractivity contribution in [2.75, 3.05) is 0 Å². The van der Waals surface area contributed by atoms with Gasteiger partial charge in [-0.3, -0.25) is 9.09 Å². The molecular formula is C8H8N4O2. The highest BCUT2D eigenvalue weighted by atomic mass is 16.5. The van der Waals surface area contributed by atoms with E-state index in [4.69, 9.17) is 0 Å². The van der Waals surface area contributed by atoms with E-state index in [1.54, 1.807) is 19.3 Å². The molecule has 0 unspecified atom stereocenters. The molecule has 0 saturated heterocycles. The van der Waals surface area contributed by atoms with Gasteiger partial charge in [0, 0.05) is 13.2 Å². The molecule has 6 heteroatoms. The van der Waals surface area contributed by atoms with Crippen molar-refractivity contribution in [1.82, 2.24) is 19.9 Å². The Kier molecular flexibility index (Phi) is 2.10. The molecule has 6 nitrogen and oxygen atoms in total. The van der Waals surface area contributed by atoms with E-state index in [1.807, 2.05) is 6.07 Å². The fourth-order valence-corrected chi connectivity index (χ4v) is 1.06. The van der Waals surface area contributed by atoms with E-state index >= 15 is 0 Å². The highest BCUT2D eigenvalue weighted by Crippen LogP contribution is 1.99. The zero-order chi connectivity index (χ0) is 9.97. The van der Waals surface area contributed by atoms with Crippen LogP contribution < -0.4 is 5.76 Å². The second-order valence-electron chi connectivity index (χ2n) is 2.82. The molecule has 2 aromatic heterocycles. The van der Waals surface area contributed by atoms with Crippen LogP contribution in [0.2, 0.25) is 0 Å². The molecule has 0 aliphatic rings. The summed E-state index contributed by atoms with van der Waals surface area (Å²) in [6, 6.07) is 3.59. The van der Waals surface area contributed by atoms with E-state index in [0.717, 1.165) is 5.69 Å². The molecule has 2 rings (SSSR count). The maximum atomic E-state index is 10.9. The number of hydrogen-bond donors (Lipinski definition) is 0. The van der Waals surface area contributed by atoms with Gasteiger partial charge in [0.15, 0.2) is 5.82 Å². The molecule has 0 atom stereocenters. The average molecular weight is 192 g/mol. The van der Waals surface area contributed by atoms with E-state index in [9.17, 15) is 4.79 Å². The molecule has 72 valence electrons. The van der Waals surface area contributed by atoms with E-state index in [0.29, 0.717) is 12.2 Å². The van der Waals surface area contributed by atoms with Crippen LogP contribution in [0.25, 0.3) is 0 Å². The highest BCUT2D eigenvalue weighted by Gasteiger charge is 2.07. The van der Waals surface area contributed by atoms with Gasteiger partial charge in [-0.15, -0.1) is 0 Å². The van der Waals surface area contributed by atoms with Crippen molar-refractivity contribution >= 4 is 0 Å². The van der Waals surface area contributed by atoms with Crippen molar-refractivity contribution in [3.05, 3.63) is 40.4 Å². The smallest absolute Gasteiger partial charge is 0.296 e. The fourth-order valence-electron chi connectivity index (χ4n) is 1.06. The maximum Gasteiger partial charge on any atom is 0.441 e. The van der Waals surface area contributed by atoms with Gasteiger partial charge in [-0.05, 0) is 12.1 Å². The third kappa shape index (κ3) is 1.54. The number of hydrogen-bond acceptors (Lipinski definition) is 5. The second kappa shape index (κ2) is 3.41. The van der Waals surface area contributed by atoms with Crippen LogP contribution in [-0.4, -0.2) is 19.9 Å². The Labute approximate surface area is 79.2 Å². The minimum Gasteiger partial charge on any atom is -0.296 e. The Bertz CT molecular complexity index is 474. The Hall–Kier alpha value is -1.98. The predicted molar refractivity (Wildman–Crippen MR) is 46.6 cm³/mol. The molecule has 0 aliphatic carbocycles. The van der Waals surface area contributed by atoms with Gasteiger partial charge in [0.2, 0.25) is 0 Å². The van der Waals surface area contributed by atoms with Crippen molar-refractivity contribution in [1.29, 1.82) is 0 Å². The summed E-state index contributed by atoms with van der Waals surface area (Å²) in [7, 11) is 1.60. The monoisotopic (exact) mass is 192 g/mol. The third-order valence-electron chi connectivity index (χ3n) is 1.86. The molecule has 0 spiro atoms. The topological polar surface area (TPSA) is 73.8 Å². The fraction of sp³-hybridized carbons (Fsp3) is 0.250. The number of nitrogens with zero attached hydrogens (tertiary/aromatic N) is 4. The second-order valence-corrected chi connectivity index (χ2v) is 2.82. The first kappa shape index (κ1) is 8.61. The van der Waals surface area contributed by atoms with Crippen molar-refractivity contribution in [3.63, 3.8) is 0 Å². The van der Waals surface area contributed by atoms with Crippen LogP contribution in [0.3, 0.4) is 0 Å². The van der Waals surface area contributed by atoms with E-state index in [1.165, 1.54) is 4.57 Å². The van der Waals surface area contributed by atoms with Gasteiger partial charge in [0.05, 0.1) is 12.1 Å². The van der Waals surface area contributed by atoms with Gasteiger partial charge in [-0.25, -0.2) is 4.79 Å². The Morgan fingerprint density at radius 1 is 1.57 bits per heavy atom. The Balaban J connectivity index is 2.28. The van der Waals surface area contributed by atoms with Gasteiger partial charge in [-0.1, -0.05) is 5.16 Å². The lowest BCUT2D eigenvalue weighted by Crippen LogP contribution is -2.12. The Morgan fingerprint density at radius 3 is 3.00 bits per heavy atom. The van der Waals surface area contributed by atoms with E-state index in [-0.39, 0.29) is 0 Å². The number of rotatable bonds is 2. The average Bonchev–Trinajstić information content (AvgIpc) is 2.52. The summed E-state index contributed by atoms with van der Waals surface area (Å²) in [6.07, 6.45) is 2.03. The number of aromatic nitrogens is 4. The van der Waals surface area contributed by atoms with Crippen LogP contribution in [0.15, 0.2) is 27.6 Å². The summed E-state index contributed by atoms with van der Waals surface area (Å²) in [5.74, 6) is 0.0689. The zero-order valence-electron chi connectivity index (χ0n) is 7.54. The summed E-state index contributed by atoms with van der Waals surface area (Å²) >= 11 is 0. The lowest BCUT2D eigenvalue weighted by Gasteiger charge is -1.95. The van der Waals surface area contributed by atoms with Crippen molar-refractivity contribution < 1.29 is 4.52 Å². The first-order valence-corrected chi connectivity index (χ1v) is 4.05. The van der Waals surface area contributed by atoms with E-state index < -0.39 is 5.76 Å². The summed E-state index contributed by atoms with van der Waals surface area (Å²) in [5, 5.41) is 11.2. The van der Waals surface area contributed by atoms with E-state index in [2.05, 4.69) is 19.9 Å². The van der Waals surface area contributed by atoms with Crippen LogP contribution >= 0.6 is 0 Å². The van der Waals surface area contributed by atoms with Crippen LogP contribution in [0.4, 0.5) is 0 Å². The quantitative estimate of drug-likeness (QED) is 0.656. The molecule has 0 fully saturated rings. The van der Waals surface area contributed by atoms with Gasteiger partial charge >= 0.3 is 5.76 Å². The minimum atomic E-state index is -0.469. The molecule has 0 N–H and O–H groups in total. The molecule has 0 bridgehead atoms. The standard InChI is InChI=1S/C8H8N4O2/c1-12-7(11-14-8(12)13)5-6-3-2-4-9-10-6/h2-4H,5H2,1H3. The largest absolute Gasteiger partial charge is 0.441 e. The maximum absolute atomic E-state index is 10.9. The summed E-state index contributed by atoms with van der Waals surface area (Å²) in [4.78, 5) is 10.9. The summed E-state index contributed by atoms with van der Waals surface area (Å²) in [5.41, 5.74) is 0.747. The van der Waals surface area contributed by atoms with Gasteiger partial charge in [-0.2, -0.15) is 10.2 Å². The lowest BCUT2D eigenvalue weighted by atomic mass is 10.3. The van der Waals surface area contributed by atoms with Crippen molar-refractivity contribution in [3.8, 4) is 0 Å². The summed E-state index contributed by atoms with van der Waals surface area (Å²) in [6.45, 7) is 0. The Morgan fingerprint density at radius 2 is 2.43 bits per heavy atom. The zero-order valence-corrected chi connectivity index (χ0v) is 7.54. The first-order chi connectivity index (χ1) is 6.77. The van der Waals surface area contributed by atoms with Crippen LogP contribution in [-0.2, 0) is 13.5 Å². The molecular weight excluding hydrogens is 184 g/mol. The van der Waals surface area contributed by atoms with Crippen LogP contribution in [0.5, 0.6) is 0 Å². The minimum absolute atomic E-state index is 0.441. The molecule has 2 heterocycles.